The molecule has 2 aromatic heterocycles. The lowest BCUT2D eigenvalue weighted by molar-refractivity contribution is 0.0935. The van der Waals surface area contributed by atoms with E-state index in [-0.39, 0.29) is 17.6 Å². The second-order valence-electron chi connectivity index (χ2n) is 6.89. The van der Waals surface area contributed by atoms with Crippen molar-refractivity contribution in [2.45, 2.75) is 12.3 Å². The third-order valence-electron chi connectivity index (χ3n) is 5.11. The zero-order chi connectivity index (χ0) is 21.1. The number of nitrogens with one attached hydrogen (secondary N) is 3. The molecule has 0 saturated carbocycles. The first-order valence-corrected chi connectivity index (χ1v) is 9.53. The molecule has 0 bridgehead atoms. The van der Waals surface area contributed by atoms with E-state index >= 15 is 0 Å². The predicted molar refractivity (Wildman–Crippen MR) is 110 cm³/mol. The lowest BCUT2D eigenvalue weighted by Crippen LogP contribution is -2.35. The van der Waals surface area contributed by atoms with Gasteiger partial charge < -0.3 is 25.1 Å². The van der Waals surface area contributed by atoms with Crippen molar-refractivity contribution in [2.24, 2.45) is 0 Å². The van der Waals surface area contributed by atoms with Crippen molar-refractivity contribution in [3.63, 3.8) is 0 Å². The molecule has 0 spiro atoms. The number of halogens is 1. The highest BCUT2D eigenvalue weighted by Gasteiger charge is 2.33. The van der Waals surface area contributed by atoms with Crippen molar-refractivity contribution in [3.05, 3.63) is 53.9 Å². The van der Waals surface area contributed by atoms with Crippen molar-refractivity contribution >= 4 is 17.3 Å². The monoisotopic (exact) mass is 411 g/mol. The molecule has 1 aromatic carbocycles. The van der Waals surface area contributed by atoms with Gasteiger partial charge in [0.05, 0.1) is 35.4 Å². The maximum absolute atomic E-state index is 14.2. The molecule has 4 rings (SSSR count). The molecule has 1 atom stereocenters. The van der Waals surface area contributed by atoms with E-state index in [4.69, 9.17) is 9.47 Å². The summed E-state index contributed by atoms with van der Waals surface area (Å²) in [6, 6.07) is 6.32. The number of carbonyl (C=O) groups excluding carboxylic acids is 1. The van der Waals surface area contributed by atoms with Crippen LogP contribution < -0.4 is 15.4 Å². The van der Waals surface area contributed by atoms with Gasteiger partial charge in [0, 0.05) is 38.1 Å². The molecule has 0 unspecified atom stereocenters. The maximum atomic E-state index is 14.2. The number of benzene rings is 1. The lowest BCUT2D eigenvalue weighted by Gasteiger charge is -2.23. The molecular weight excluding hydrogens is 389 g/mol. The first-order chi connectivity index (χ1) is 14.6. The summed E-state index contributed by atoms with van der Waals surface area (Å²) in [4.78, 5) is 24.5. The van der Waals surface area contributed by atoms with Crippen molar-refractivity contribution in [1.82, 2.24) is 20.3 Å². The molecular formula is C21H22FN5O3. The molecule has 3 aromatic rings. The minimum absolute atomic E-state index is 0.0446. The molecule has 30 heavy (non-hydrogen) atoms. The van der Waals surface area contributed by atoms with Crippen LogP contribution in [0.5, 0.6) is 5.75 Å². The zero-order valence-electron chi connectivity index (χ0n) is 16.7. The van der Waals surface area contributed by atoms with Gasteiger partial charge in [-0.3, -0.25) is 4.79 Å². The quantitative estimate of drug-likeness (QED) is 0.552. The fourth-order valence-corrected chi connectivity index (χ4v) is 3.68. The SMILES string of the molecule is COCC[C@@H]1CNC(=O)c2c1[nH]c(-c1ccncn1)c2Nc1cccc(F)c1OC. The fraction of sp³-hybridized carbons (Fsp3) is 0.286. The number of carbonyl (C=O) groups is 1. The van der Waals surface area contributed by atoms with Gasteiger partial charge in [0.1, 0.15) is 6.33 Å². The summed E-state index contributed by atoms with van der Waals surface area (Å²) >= 11 is 0. The highest BCUT2D eigenvalue weighted by Crippen LogP contribution is 2.41. The molecule has 156 valence electrons. The summed E-state index contributed by atoms with van der Waals surface area (Å²) in [7, 11) is 3.04. The highest BCUT2D eigenvalue weighted by molar-refractivity contribution is 6.06. The molecule has 0 aliphatic carbocycles. The van der Waals surface area contributed by atoms with Crippen LogP contribution in [0.3, 0.4) is 0 Å². The van der Waals surface area contributed by atoms with E-state index in [9.17, 15) is 9.18 Å². The van der Waals surface area contributed by atoms with Crippen LogP contribution in [0.4, 0.5) is 15.8 Å². The number of rotatable bonds is 7. The average molecular weight is 411 g/mol. The Kier molecular flexibility index (Phi) is 5.62. The minimum atomic E-state index is -0.502. The van der Waals surface area contributed by atoms with Crippen LogP contribution in [0.1, 0.15) is 28.4 Å². The molecule has 0 radical (unpaired) electrons. The average Bonchev–Trinajstić information content (AvgIpc) is 3.14. The number of aromatic amines is 1. The van der Waals surface area contributed by atoms with Crippen LogP contribution in [-0.4, -0.2) is 48.2 Å². The minimum Gasteiger partial charge on any atom is -0.492 e. The van der Waals surface area contributed by atoms with Gasteiger partial charge in [-0.05, 0) is 24.6 Å². The number of amides is 1. The van der Waals surface area contributed by atoms with Gasteiger partial charge in [-0.15, -0.1) is 0 Å². The van der Waals surface area contributed by atoms with Crippen molar-refractivity contribution in [3.8, 4) is 17.1 Å². The molecule has 3 N–H and O–H groups in total. The number of nitrogens with zero attached hydrogens (tertiary/aromatic N) is 2. The maximum Gasteiger partial charge on any atom is 0.255 e. The summed E-state index contributed by atoms with van der Waals surface area (Å²) in [6.45, 7) is 1.06. The Balaban J connectivity index is 1.87. The van der Waals surface area contributed by atoms with Gasteiger partial charge in [0.25, 0.3) is 5.91 Å². The van der Waals surface area contributed by atoms with Crippen molar-refractivity contribution < 1.29 is 18.7 Å². The Hall–Kier alpha value is -3.46. The Morgan fingerprint density at radius 3 is 2.90 bits per heavy atom. The van der Waals surface area contributed by atoms with Crippen LogP contribution in [0, 0.1) is 5.82 Å². The van der Waals surface area contributed by atoms with Crippen molar-refractivity contribution in [2.75, 3.05) is 32.7 Å². The zero-order valence-corrected chi connectivity index (χ0v) is 16.7. The molecule has 0 saturated heterocycles. The van der Waals surface area contributed by atoms with Crippen LogP contribution >= 0.6 is 0 Å². The number of fused-ring (bicyclic) bond motifs is 1. The van der Waals surface area contributed by atoms with Gasteiger partial charge >= 0.3 is 0 Å². The van der Waals surface area contributed by atoms with Crippen LogP contribution in [0.15, 0.2) is 36.8 Å². The summed E-state index contributed by atoms with van der Waals surface area (Å²) in [5.41, 5.74) is 3.40. The summed E-state index contributed by atoms with van der Waals surface area (Å²) in [6.07, 6.45) is 3.79. The van der Waals surface area contributed by atoms with Gasteiger partial charge in [0.2, 0.25) is 0 Å². The van der Waals surface area contributed by atoms with Gasteiger partial charge in [-0.25, -0.2) is 14.4 Å². The van der Waals surface area contributed by atoms with E-state index in [0.717, 1.165) is 12.1 Å². The topological polar surface area (TPSA) is 101 Å². The second kappa shape index (κ2) is 8.50. The van der Waals surface area contributed by atoms with Crippen molar-refractivity contribution in [1.29, 1.82) is 0 Å². The molecule has 3 heterocycles. The number of methoxy groups -OCH3 is 2. The van der Waals surface area contributed by atoms with E-state index in [1.807, 2.05) is 0 Å². The number of H-pyrrole nitrogens is 1. The molecule has 0 fully saturated rings. The highest BCUT2D eigenvalue weighted by atomic mass is 19.1. The lowest BCUT2D eigenvalue weighted by atomic mass is 9.94. The predicted octanol–water partition coefficient (Wildman–Crippen LogP) is 3.23. The summed E-state index contributed by atoms with van der Waals surface area (Å²) in [5.74, 6) is -0.609. The third-order valence-corrected chi connectivity index (χ3v) is 5.11. The number of anilines is 2. The number of ether oxygens (including phenoxy) is 2. The summed E-state index contributed by atoms with van der Waals surface area (Å²) < 4.78 is 24.7. The largest absolute Gasteiger partial charge is 0.492 e. The normalized spacial score (nSPS) is 15.4. The Morgan fingerprint density at radius 2 is 2.17 bits per heavy atom. The van der Waals surface area contributed by atoms with Gasteiger partial charge in [-0.2, -0.15) is 0 Å². The number of para-hydroxylation sites is 1. The number of hydrogen-bond acceptors (Lipinski definition) is 6. The fourth-order valence-electron chi connectivity index (χ4n) is 3.68. The molecule has 9 heteroatoms. The summed E-state index contributed by atoms with van der Waals surface area (Å²) in [5, 5.41) is 6.13. The van der Waals surface area contributed by atoms with E-state index < -0.39 is 5.82 Å². The molecule has 1 aliphatic heterocycles. The Bertz CT molecular complexity index is 1050. The molecule has 1 aliphatic rings. The van der Waals surface area contributed by atoms with E-state index in [1.165, 1.54) is 19.5 Å². The van der Waals surface area contributed by atoms with Gasteiger partial charge in [-0.1, -0.05) is 6.07 Å². The first-order valence-electron chi connectivity index (χ1n) is 9.53. The van der Waals surface area contributed by atoms with E-state index in [1.54, 1.807) is 31.5 Å². The molecule has 1 amide bonds. The second-order valence-corrected chi connectivity index (χ2v) is 6.89. The third kappa shape index (κ3) is 3.59. The Morgan fingerprint density at radius 1 is 1.30 bits per heavy atom. The smallest absolute Gasteiger partial charge is 0.255 e. The number of aromatic nitrogens is 3. The van der Waals surface area contributed by atoms with E-state index in [0.29, 0.717) is 41.5 Å². The van der Waals surface area contributed by atoms with E-state index in [2.05, 4.69) is 25.6 Å². The molecule has 8 nitrogen and oxygen atoms in total. The van der Waals surface area contributed by atoms with Crippen LogP contribution in [-0.2, 0) is 4.74 Å². The first kappa shape index (κ1) is 19.8. The van der Waals surface area contributed by atoms with Crippen LogP contribution in [0.2, 0.25) is 0 Å². The Labute approximate surface area is 172 Å². The standard InChI is InChI=1S/C21H22FN5O3/c1-29-9-7-12-10-24-21(28)16-17(12)27-18(14-6-8-23-11-25-14)19(16)26-15-5-3-4-13(22)20(15)30-2/h3-6,8,11-12,26-27H,7,9-10H2,1-2H3,(H,24,28)/t12-/m1/s1. The number of hydrogen-bond donors (Lipinski definition) is 3. The van der Waals surface area contributed by atoms with Crippen LogP contribution in [0.25, 0.3) is 11.4 Å². The van der Waals surface area contributed by atoms with Gasteiger partial charge in [0.15, 0.2) is 11.6 Å².